The molecule has 0 saturated carbocycles. The Hall–Kier alpha value is -1.14. The molecule has 1 aromatic rings. The predicted molar refractivity (Wildman–Crippen MR) is 74.3 cm³/mol. The topological polar surface area (TPSA) is 42.4 Å². The number of nitrogens with zero attached hydrogens (tertiary/aromatic N) is 2. The van der Waals surface area contributed by atoms with E-state index in [1.54, 1.807) is 19.3 Å². The van der Waals surface area contributed by atoms with Crippen LogP contribution in [0.15, 0.2) is 24.5 Å². The first kappa shape index (κ1) is 13.9. The second kappa shape index (κ2) is 6.56. The second-order valence-electron chi connectivity index (χ2n) is 3.31. The first-order chi connectivity index (χ1) is 8.06. The number of carbonyl (C=O) groups is 1. The Morgan fingerprint density at radius 1 is 1.53 bits per heavy atom. The molecule has 0 aliphatic carbocycles. The average Bonchev–Trinajstić information content (AvgIpc) is 2.37. The maximum Gasteiger partial charge on any atom is 0.318 e. The number of rotatable bonds is 3. The SMILES string of the molecule is COC(=O)[C@H](C)SC(=S)N(C)c1ccncc1. The molecule has 92 valence electrons. The summed E-state index contributed by atoms with van der Waals surface area (Å²) < 4.78 is 5.27. The van der Waals surface area contributed by atoms with Crippen molar-refractivity contribution in [2.75, 3.05) is 19.1 Å². The summed E-state index contributed by atoms with van der Waals surface area (Å²) in [6.45, 7) is 1.77. The van der Waals surface area contributed by atoms with Crippen LogP contribution in [-0.2, 0) is 9.53 Å². The van der Waals surface area contributed by atoms with Gasteiger partial charge in [-0.05, 0) is 19.1 Å². The van der Waals surface area contributed by atoms with E-state index in [1.807, 2.05) is 24.1 Å². The molecule has 1 aromatic heterocycles. The molecular weight excluding hydrogens is 256 g/mol. The van der Waals surface area contributed by atoms with E-state index < -0.39 is 0 Å². The molecule has 0 radical (unpaired) electrons. The van der Waals surface area contributed by atoms with Crippen molar-refractivity contribution in [3.05, 3.63) is 24.5 Å². The van der Waals surface area contributed by atoms with Crippen LogP contribution in [-0.4, -0.2) is 34.7 Å². The summed E-state index contributed by atoms with van der Waals surface area (Å²) >= 11 is 6.56. The lowest BCUT2D eigenvalue weighted by molar-refractivity contribution is -0.139. The zero-order chi connectivity index (χ0) is 12.8. The largest absolute Gasteiger partial charge is 0.468 e. The maximum absolute atomic E-state index is 11.3. The van der Waals surface area contributed by atoms with Crippen LogP contribution in [0.1, 0.15) is 6.92 Å². The number of thioether (sulfide) groups is 1. The predicted octanol–water partition coefficient (Wildman–Crippen LogP) is 2.10. The van der Waals surface area contributed by atoms with Gasteiger partial charge in [-0.15, -0.1) is 0 Å². The number of methoxy groups -OCH3 is 1. The molecule has 0 aromatic carbocycles. The molecule has 1 heterocycles. The highest BCUT2D eigenvalue weighted by Gasteiger charge is 2.18. The molecule has 0 amide bonds. The normalized spacial score (nSPS) is 11.7. The molecule has 0 N–H and O–H groups in total. The zero-order valence-electron chi connectivity index (χ0n) is 9.91. The Morgan fingerprint density at radius 3 is 2.65 bits per heavy atom. The zero-order valence-corrected chi connectivity index (χ0v) is 11.5. The van der Waals surface area contributed by atoms with Crippen molar-refractivity contribution >= 4 is 40.0 Å². The fourth-order valence-corrected chi connectivity index (χ4v) is 2.41. The Morgan fingerprint density at radius 2 is 2.12 bits per heavy atom. The van der Waals surface area contributed by atoms with E-state index in [4.69, 9.17) is 12.2 Å². The van der Waals surface area contributed by atoms with Crippen molar-refractivity contribution in [3.63, 3.8) is 0 Å². The quantitative estimate of drug-likeness (QED) is 0.619. The van der Waals surface area contributed by atoms with Crippen LogP contribution in [0.3, 0.4) is 0 Å². The molecule has 17 heavy (non-hydrogen) atoms. The third-order valence-corrected chi connectivity index (χ3v) is 3.72. The van der Waals surface area contributed by atoms with E-state index in [9.17, 15) is 4.79 Å². The van der Waals surface area contributed by atoms with Gasteiger partial charge in [-0.1, -0.05) is 24.0 Å². The summed E-state index contributed by atoms with van der Waals surface area (Å²) in [5.41, 5.74) is 0.939. The van der Waals surface area contributed by atoms with Crippen molar-refractivity contribution in [1.82, 2.24) is 4.98 Å². The lowest BCUT2D eigenvalue weighted by Crippen LogP contribution is -2.26. The number of aromatic nitrogens is 1. The van der Waals surface area contributed by atoms with Crippen LogP contribution in [0.25, 0.3) is 0 Å². The lowest BCUT2D eigenvalue weighted by Gasteiger charge is -2.20. The Bertz CT molecular complexity index is 398. The van der Waals surface area contributed by atoms with Crippen LogP contribution in [0.4, 0.5) is 5.69 Å². The molecule has 6 heteroatoms. The molecule has 0 spiro atoms. The number of thiocarbonyl (C=S) groups is 1. The van der Waals surface area contributed by atoms with Gasteiger partial charge in [0.1, 0.15) is 9.57 Å². The molecule has 0 aliphatic heterocycles. The highest BCUT2D eigenvalue weighted by Crippen LogP contribution is 2.21. The molecule has 4 nitrogen and oxygen atoms in total. The number of esters is 1. The van der Waals surface area contributed by atoms with Gasteiger partial charge in [0.05, 0.1) is 7.11 Å². The monoisotopic (exact) mass is 270 g/mol. The summed E-state index contributed by atoms with van der Waals surface area (Å²) in [7, 11) is 3.23. The van der Waals surface area contributed by atoms with E-state index in [2.05, 4.69) is 9.72 Å². The van der Waals surface area contributed by atoms with Crippen LogP contribution < -0.4 is 4.90 Å². The third kappa shape index (κ3) is 3.98. The van der Waals surface area contributed by atoms with E-state index in [-0.39, 0.29) is 11.2 Å². The summed E-state index contributed by atoms with van der Waals surface area (Å²) in [4.78, 5) is 17.0. The number of anilines is 1. The number of ether oxygens (including phenoxy) is 1. The van der Waals surface area contributed by atoms with Gasteiger partial charge in [-0.2, -0.15) is 0 Å². The van der Waals surface area contributed by atoms with Crippen LogP contribution in [0.5, 0.6) is 0 Å². The van der Waals surface area contributed by atoms with Gasteiger partial charge in [0, 0.05) is 25.1 Å². The van der Waals surface area contributed by atoms with E-state index in [1.165, 1.54) is 18.9 Å². The molecule has 0 bridgehead atoms. The summed E-state index contributed by atoms with van der Waals surface area (Å²) in [5, 5.41) is -0.309. The van der Waals surface area contributed by atoms with Crippen LogP contribution in [0, 0.1) is 0 Å². The Kier molecular flexibility index (Phi) is 5.37. The highest BCUT2D eigenvalue weighted by molar-refractivity contribution is 8.24. The van der Waals surface area contributed by atoms with Gasteiger partial charge in [0.25, 0.3) is 0 Å². The summed E-state index contributed by atoms with van der Waals surface area (Å²) in [5.74, 6) is -0.277. The highest BCUT2D eigenvalue weighted by atomic mass is 32.2. The number of pyridine rings is 1. The number of hydrogen-bond donors (Lipinski definition) is 0. The molecule has 1 atom stereocenters. The molecule has 0 saturated heterocycles. The Balaban J connectivity index is 2.62. The molecule has 1 rings (SSSR count). The summed E-state index contributed by atoms with van der Waals surface area (Å²) in [6, 6.07) is 3.71. The van der Waals surface area contributed by atoms with E-state index in [0.717, 1.165) is 5.69 Å². The Labute approximate surface area is 110 Å². The van der Waals surface area contributed by atoms with Gasteiger partial charge >= 0.3 is 5.97 Å². The molecule has 0 fully saturated rings. The van der Waals surface area contributed by atoms with Gasteiger partial charge in [-0.3, -0.25) is 9.78 Å². The molecule has 0 aliphatic rings. The maximum atomic E-state index is 11.3. The van der Waals surface area contributed by atoms with Crippen molar-refractivity contribution in [2.24, 2.45) is 0 Å². The number of carbonyl (C=O) groups excluding carboxylic acids is 1. The van der Waals surface area contributed by atoms with Crippen LogP contribution in [0.2, 0.25) is 0 Å². The minimum atomic E-state index is -0.309. The van der Waals surface area contributed by atoms with Gasteiger partial charge in [-0.25, -0.2) is 0 Å². The van der Waals surface area contributed by atoms with Crippen molar-refractivity contribution in [3.8, 4) is 0 Å². The first-order valence-corrected chi connectivity index (χ1v) is 6.27. The average molecular weight is 270 g/mol. The third-order valence-electron chi connectivity index (χ3n) is 2.13. The van der Waals surface area contributed by atoms with Gasteiger partial charge < -0.3 is 9.64 Å². The molecule has 0 unspecified atom stereocenters. The van der Waals surface area contributed by atoms with Gasteiger partial charge in [0.15, 0.2) is 0 Å². The van der Waals surface area contributed by atoms with Crippen LogP contribution >= 0.6 is 24.0 Å². The number of hydrogen-bond acceptors (Lipinski definition) is 5. The smallest absolute Gasteiger partial charge is 0.318 e. The second-order valence-corrected chi connectivity index (χ2v) is 5.29. The minimum Gasteiger partial charge on any atom is -0.468 e. The fraction of sp³-hybridized carbons (Fsp3) is 0.364. The summed E-state index contributed by atoms with van der Waals surface area (Å²) in [6.07, 6.45) is 3.39. The standard InChI is InChI=1S/C11H14N2O2S2/c1-8(10(14)15-3)17-11(16)13(2)9-4-6-12-7-5-9/h4-8H,1-3H3/t8-/m0/s1. The van der Waals surface area contributed by atoms with Gasteiger partial charge in [0.2, 0.25) is 0 Å². The lowest BCUT2D eigenvalue weighted by atomic mass is 10.4. The van der Waals surface area contributed by atoms with E-state index in [0.29, 0.717) is 4.32 Å². The van der Waals surface area contributed by atoms with E-state index >= 15 is 0 Å². The minimum absolute atomic E-state index is 0.277. The van der Waals surface area contributed by atoms with Crippen molar-refractivity contribution in [2.45, 2.75) is 12.2 Å². The fourth-order valence-electron chi connectivity index (χ4n) is 1.12. The molecular formula is C11H14N2O2S2. The van der Waals surface area contributed by atoms with Crippen molar-refractivity contribution < 1.29 is 9.53 Å². The first-order valence-electron chi connectivity index (χ1n) is 4.98. The van der Waals surface area contributed by atoms with Crippen molar-refractivity contribution in [1.29, 1.82) is 0 Å².